The van der Waals surface area contributed by atoms with E-state index >= 15 is 0 Å². The maximum Gasteiger partial charge on any atom is 0.335 e. The SMILES string of the molecule is CN1C(=O)N(c2cc(Cl)cc(Cl)c2)C(=O)C12CN(C(=O)c1cccc(C(=O)O)c1)CC2c1ccc(C#N)cc1. The van der Waals surface area contributed by atoms with Crippen molar-refractivity contribution in [2.24, 2.45) is 0 Å². The van der Waals surface area contributed by atoms with Crippen LogP contribution >= 0.6 is 23.2 Å². The number of amides is 4. The standard InChI is InChI=1S/C28H20Cl2N4O5/c1-32-27(39)34(22-11-20(29)10-21(30)12-22)26(38)28(32)15-33(14-23(28)17-7-5-16(13-31)6-8-17)24(35)18-3-2-4-19(9-18)25(36)37/h2-12,23H,14-15H2,1H3,(H,36,37). The van der Waals surface area contributed by atoms with Crippen LogP contribution in [0.1, 0.15) is 37.8 Å². The number of likely N-dealkylation sites (tertiary alicyclic amines) is 1. The van der Waals surface area contributed by atoms with Crippen molar-refractivity contribution in [1.29, 1.82) is 5.26 Å². The van der Waals surface area contributed by atoms with Crippen LogP contribution in [0.4, 0.5) is 10.5 Å². The quantitative estimate of drug-likeness (QED) is 0.462. The molecule has 0 radical (unpaired) electrons. The number of carbonyl (C=O) groups excluding carboxylic acids is 3. The van der Waals surface area contributed by atoms with Gasteiger partial charge in [-0.3, -0.25) is 9.59 Å². The van der Waals surface area contributed by atoms with E-state index in [9.17, 15) is 29.5 Å². The number of aromatic carboxylic acids is 1. The highest BCUT2D eigenvalue weighted by Gasteiger charge is 2.65. The van der Waals surface area contributed by atoms with Gasteiger partial charge in [-0.1, -0.05) is 41.4 Å². The van der Waals surface area contributed by atoms with Crippen LogP contribution in [0.25, 0.3) is 0 Å². The molecule has 0 aliphatic carbocycles. The number of nitrogens with zero attached hydrogens (tertiary/aromatic N) is 4. The van der Waals surface area contributed by atoms with E-state index in [0.29, 0.717) is 11.1 Å². The first-order valence-electron chi connectivity index (χ1n) is 11.8. The lowest BCUT2D eigenvalue weighted by molar-refractivity contribution is -0.124. The number of carboxylic acid groups (broad SMARTS) is 1. The number of halogens is 2. The molecule has 4 amide bonds. The number of carbonyl (C=O) groups is 4. The van der Waals surface area contributed by atoms with Crippen LogP contribution in [0.3, 0.4) is 0 Å². The number of hydrogen-bond donors (Lipinski definition) is 1. The number of hydrogen-bond acceptors (Lipinski definition) is 5. The van der Waals surface area contributed by atoms with Gasteiger partial charge >= 0.3 is 12.0 Å². The molecule has 3 aromatic carbocycles. The summed E-state index contributed by atoms with van der Waals surface area (Å²) >= 11 is 12.3. The maximum absolute atomic E-state index is 14.2. The third-order valence-electron chi connectivity index (χ3n) is 7.25. The summed E-state index contributed by atoms with van der Waals surface area (Å²) in [5.74, 6) is -2.87. The second-order valence-corrected chi connectivity index (χ2v) is 10.3. The van der Waals surface area contributed by atoms with Gasteiger partial charge in [0.2, 0.25) is 0 Å². The van der Waals surface area contributed by atoms with E-state index in [4.69, 9.17) is 23.2 Å². The lowest BCUT2D eigenvalue weighted by Gasteiger charge is -2.33. The molecule has 196 valence electrons. The molecule has 1 N–H and O–H groups in total. The Balaban J connectivity index is 1.61. The minimum absolute atomic E-state index is 0.0494. The van der Waals surface area contributed by atoms with Gasteiger partial charge in [-0.2, -0.15) is 5.26 Å². The molecular weight excluding hydrogens is 543 g/mol. The molecule has 11 heteroatoms. The van der Waals surface area contributed by atoms with Crippen LogP contribution in [0.2, 0.25) is 10.0 Å². The largest absolute Gasteiger partial charge is 0.478 e. The molecule has 5 rings (SSSR count). The zero-order valence-corrected chi connectivity index (χ0v) is 22.0. The molecule has 1 spiro atoms. The molecular formula is C28H20Cl2N4O5. The highest BCUT2D eigenvalue weighted by molar-refractivity contribution is 6.36. The first-order chi connectivity index (χ1) is 18.6. The van der Waals surface area contributed by atoms with Gasteiger partial charge in [0.1, 0.15) is 5.54 Å². The molecule has 2 heterocycles. The number of urea groups is 1. The number of nitriles is 1. The van der Waals surface area contributed by atoms with Gasteiger partial charge < -0.3 is 14.9 Å². The lowest BCUT2D eigenvalue weighted by Crippen LogP contribution is -2.54. The van der Waals surface area contributed by atoms with Crippen molar-refractivity contribution in [1.82, 2.24) is 9.80 Å². The molecule has 2 aliphatic heterocycles. The Morgan fingerprint density at radius 1 is 1.00 bits per heavy atom. The number of carboxylic acids is 1. The van der Waals surface area contributed by atoms with Crippen molar-refractivity contribution < 1.29 is 24.3 Å². The second kappa shape index (κ2) is 9.73. The zero-order valence-electron chi connectivity index (χ0n) is 20.5. The van der Waals surface area contributed by atoms with E-state index in [0.717, 1.165) is 4.90 Å². The minimum atomic E-state index is -1.49. The average Bonchev–Trinajstić information content (AvgIpc) is 3.41. The summed E-state index contributed by atoms with van der Waals surface area (Å²) in [6.45, 7) is -0.0742. The molecule has 0 saturated carbocycles. The number of rotatable bonds is 4. The van der Waals surface area contributed by atoms with Gasteiger partial charge in [0.25, 0.3) is 11.8 Å². The van der Waals surface area contributed by atoms with E-state index in [2.05, 4.69) is 6.07 Å². The molecule has 2 aliphatic rings. The third-order valence-corrected chi connectivity index (χ3v) is 7.69. The Morgan fingerprint density at radius 3 is 2.26 bits per heavy atom. The molecule has 0 bridgehead atoms. The number of benzene rings is 3. The first-order valence-corrected chi connectivity index (χ1v) is 12.5. The summed E-state index contributed by atoms with van der Waals surface area (Å²) < 4.78 is 0. The van der Waals surface area contributed by atoms with Gasteiger partial charge in [0.15, 0.2) is 0 Å². The van der Waals surface area contributed by atoms with Crippen molar-refractivity contribution in [2.45, 2.75) is 11.5 Å². The van der Waals surface area contributed by atoms with Crippen molar-refractivity contribution >= 4 is 52.7 Å². The lowest BCUT2D eigenvalue weighted by atomic mass is 9.80. The molecule has 3 aromatic rings. The second-order valence-electron chi connectivity index (χ2n) is 9.39. The van der Waals surface area contributed by atoms with Crippen molar-refractivity contribution in [2.75, 3.05) is 25.0 Å². The van der Waals surface area contributed by atoms with Gasteiger partial charge in [-0.25, -0.2) is 14.5 Å². The van der Waals surface area contributed by atoms with E-state index in [1.54, 1.807) is 24.3 Å². The maximum atomic E-state index is 14.2. The van der Waals surface area contributed by atoms with E-state index < -0.39 is 35.3 Å². The summed E-state index contributed by atoms with van der Waals surface area (Å²) in [4.78, 5) is 56.7. The van der Waals surface area contributed by atoms with Crippen LogP contribution in [0, 0.1) is 11.3 Å². The fourth-order valence-electron chi connectivity index (χ4n) is 5.33. The van der Waals surface area contributed by atoms with Crippen LogP contribution in [-0.2, 0) is 4.79 Å². The molecule has 9 nitrogen and oxygen atoms in total. The third kappa shape index (κ3) is 4.28. The predicted molar refractivity (Wildman–Crippen MR) is 143 cm³/mol. The summed E-state index contributed by atoms with van der Waals surface area (Å²) in [7, 11) is 1.50. The van der Waals surface area contributed by atoms with E-state index in [1.165, 1.54) is 59.3 Å². The Morgan fingerprint density at radius 2 is 1.64 bits per heavy atom. The highest BCUT2D eigenvalue weighted by atomic mass is 35.5. The summed E-state index contributed by atoms with van der Waals surface area (Å²) in [5, 5.41) is 19.1. The number of likely N-dealkylation sites (N-methyl/N-ethyl adjacent to an activating group) is 1. The van der Waals surface area contributed by atoms with Crippen molar-refractivity contribution in [3.63, 3.8) is 0 Å². The average molecular weight is 563 g/mol. The van der Waals surface area contributed by atoms with Crippen LogP contribution < -0.4 is 4.90 Å². The Labute approximate surface area is 233 Å². The molecule has 2 fully saturated rings. The Bertz CT molecular complexity index is 1570. The van der Waals surface area contributed by atoms with Crippen LogP contribution in [0.5, 0.6) is 0 Å². The topological polar surface area (TPSA) is 122 Å². The van der Waals surface area contributed by atoms with Gasteiger partial charge in [-0.15, -0.1) is 0 Å². The monoisotopic (exact) mass is 562 g/mol. The molecule has 0 aromatic heterocycles. The van der Waals surface area contributed by atoms with Gasteiger partial charge in [0.05, 0.1) is 29.4 Å². The van der Waals surface area contributed by atoms with Crippen molar-refractivity contribution in [3.8, 4) is 6.07 Å². The Kier molecular flexibility index (Phi) is 6.54. The summed E-state index contributed by atoms with van der Waals surface area (Å²) in [5.41, 5.74) is -0.122. The normalized spacial score (nSPS) is 20.6. The van der Waals surface area contributed by atoms with Crippen molar-refractivity contribution in [3.05, 3.63) is 99.0 Å². The number of anilines is 1. The predicted octanol–water partition coefficient (Wildman–Crippen LogP) is 4.64. The number of imide groups is 1. The molecule has 39 heavy (non-hydrogen) atoms. The molecule has 2 saturated heterocycles. The minimum Gasteiger partial charge on any atom is -0.478 e. The first kappa shape index (κ1) is 26.2. The van der Waals surface area contributed by atoms with Crippen LogP contribution in [0.15, 0.2) is 66.7 Å². The van der Waals surface area contributed by atoms with E-state index in [1.807, 2.05) is 0 Å². The molecule has 2 unspecified atom stereocenters. The fraction of sp³-hybridized carbons (Fsp3) is 0.179. The van der Waals surface area contributed by atoms with Gasteiger partial charge in [-0.05, 0) is 54.1 Å². The fourth-order valence-corrected chi connectivity index (χ4v) is 5.84. The summed E-state index contributed by atoms with van der Waals surface area (Å²) in [6, 6.07) is 18.1. The highest BCUT2D eigenvalue weighted by Crippen LogP contribution is 2.47. The van der Waals surface area contributed by atoms with Crippen LogP contribution in [-0.4, -0.2) is 64.4 Å². The Hall–Kier alpha value is -4.39. The zero-order chi connectivity index (χ0) is 28.1. The van der Waals surface area contributed by atoms with Gasteiger partial charge in [0, 0.05) is 35.1 Å². The smallest absolute Gasteiger partial charge is 0.335 e. The van der Waals surface area contributed by atoms with E-state index in [-0.39, 0.29) is 39.9 Å². The summed E-state index contributed by atoms with van der Waals surface area (Å²) in [6.07, 6.45) is 0. The molecule has 2 atom stereocenters.